The first kappa shape index (κ1) is 22.2. The fourth-order valence-electron chi connectivity index (χ4n) is 3.43. The summed E-state index contributed by atoms with van der Waals surface area (Å²) in [5.41, 5.74) is 3.36. The van der Waals surface area contributed by atoms with Gasteiger partial charge in [-0.25, -0.2) is 9.59 Å². The minimum atomic E-state index is -3.19. The van der Waals surface area contributed by atoms with Crippen LogP contribution < -0.4 is 15.6 Å². The average molecular weight is 431 g/mol. The number of methoxy groups -OCH3 is 1. The number of rotatable bonds is 6. The monoisotopic (exact) mass is 430 g/mol. The van der Waals surface area contributed by atoms with E-state index >= 15 is 0 Å². The van der Waals surface area contributed by atoms with Crippen LogP contribution in [0.4, 0.5) is 0 Å². The zero-order chi connectivity index (χ0) is 22.4. The van der Waals surface area contributed by atoms with Gasteiger partial charge in [-0.05, 0) is 36.3 Å². The van der Waals surface area contributed by atoms with Crippen LogP contribution in [-0.2, 0) is 18.8 Å². The third-order valence-electron chi connectivity index (χ3n) is 5.18. The lowest BCUT2D eigenvalue weighted by atomic mass is 10.2. The second-order valence-electron chi connectivity index (χ2n) is 7.56. The molecule has 0 N–H and O–H groups in total. The van der Waals surface area contributed by atoms with Gasteiger partial charge in [-0.1, -0.05) is 89.5 Å². The molecule has 0 radical (unpaired) electrons. The lowest BCUT2D eigenvalue weighted by Gasteiger charge is -2.32. The zero-order valence-corrected chi connectivity index (χ0v) is 19.2. The Morgan fingerprint density at radius 3 is 1.26 bits per heavy atom. The number of carbonyl (C=O) groups excluding carboxylic acids is 2. The van der Waals surface area contributed by atoms with Crippen molar-refractivity contribution in [3.05, 3.63) is 102 Å². The number of aryl methyl sites for hydroxylation is 3. The maximum Gasteiger partial charge on any atom is 0.350 e. The van der Waals surface area contributed by atoms with Crippen molar-refractivity contribution < 1.29 is 18.8 Å². The summed E-state index contributed by atoms with van der Waals surface area (Å²) in [5.74, 6) is -1.19. The van der Waals surface area contributed by atoms with E-state index in [9.17, 15) is 9.59 Å². The molecule has 31 heavy (non-hydrogen) atoms. The first-order chi connectivity index (χ1) is 14.8. The predicted octanol–water partition coefficient (Wildman–Crippen LogP) is 2.85. The third kappa shape index (κ3) is 5.01. The largest absolute Gasteiger partial charge is 0.502 e. The van der Waals surface area contributed by atoms with Gasteiger partial charge in [-0.2, -0.15) is 0 Å². The summed E-state index contributed by atoms with van der Waals surface area (Å²) in [6.07, 6.45) is 2.21. The standard InChI is InChI=1S/C26H26O4Si/c1-19-5-11-22(12-6-19)31(23-13-7-20(2)8-14-23,24-15-9-21(3)10-16-24)30-26(28)18-17-25(27)29-4/h5-18H,1-4H3/b18-17+. The average Bonchev–Trinajstić information content (AvgIpc) is 2.77. The Morgan fingerprint density at radius 1 is 0.613 bits per heavy atom. The van der Waals surface area contributed by atoms with E-state index in [-0.39, 0.29) is 0 Å². The molecule has 0 atom stereocenters. The van der Waals surface area contributed by atoms with Crippen LogP contribution in [0.25, 0.3) is 0 Å². The van der Waals surface area contributed by atoms with Crippen LogP contribution >= 0.6 is 0 Å². The molecule has 0 spiro atoms. The molecule has 0 bridgehead atoms. The summed E-state index contributed by atoms with van der Waals surface area (Å²) in [5, 5.41) is 2.85. The van der Waals surface area contributed by atoms with Crippen LogP contribution in [0.1, 0.15) is 16.7 Å². The first-order valence-corrected chi connectivity index (χ1v) is 12.0. The second-order valence-corrected chi connectivity index (χ2v) is 10.9. The molecule has 0 aliphatic rings. The highest BCUT2D eigenvalue weighted by Crippen LogP contribution is 2.13. The van der Waals surface area contributed by atoms with Gasteiger partial charge in [-0.15, -0.1) is 0 Å². The van der Waals surface area contributed by atoms with Gasteiger partial charge in [-0.3, -0.25) is 0 Å². The lowest BCUT2D eigenvalue weighted by Crippen LogP contribution is -2.70. The summed E-state index contributed by atoms with van der Waals surface area (Å²) in [6, 6.07) is 24.3. The van der Waals surface area contributed by atoms with Gasteiger partial charge in [0.25, 0.3) is 0 Å². The van der Waals surface area contributed by atoms with E-state index in [4.69, 9.17) is 4.43 Å². The van der Waals surface area contributed by atoms with Crippen molar-refractivity contribution in [3.8, 4) is 0 Å². The van der Waals surface area contributed by atoms with Crippen LogP contribution in [0.5, 0.6) is 0 Å². The molecular weight excluding hydrogens is 404 g/mol. The molecule has 3 aromatic carbocycles. The van der Waals surface area contributed by atoms with E-state index < -0.39 is 20.3 Å². The SMILES string of the molecule is COC(=O)/C=C/C(=O)O[Si](c1ccc(C)cc1)(c1ccc(C)cc1)c1ccc(C)cc1. The van der Waals surface area contributed by atoms with E-state index in [1.807, 2.05) is 93.6 Å². The van der Waals surface area contributed by atoms with Crippen molar-refractivity contribution in [2.24, 2.45) is 0 Å². The number of ether oxygens (including phenoxy) is 1. The fraction of sp³-hybridized carbons (Fsp3) is 0.154. The highest BCUT2D eigenvalue weighted by molar-refractivity contribution is 7.07. The van der Waals surface area contributed by atoms with Crippen LogP contribution in [0.15, 0.2) is 84.9 Å². The van der Waals surface area contributed by atoms with E-state index in [1.54, 1.807) is 0 Å². The highest BCUT2D eigenvalue weighted by atomic mass is 28.4. The van der Waals surface area contributed by atoms with Gasteiger partial charge >= 0.3 is 20.3 Å². The molecular formula is C26H26O4Si. The summed E-state index contributed by atoms with van der Waals surface area (Å²) < 4.78 is 10.9. The summed E-state index contributed by atoms with van der Waals surface area (Å²) in [7, 11) is -1.92. The predicted molar refractivity (Wildman–Crippen MR) is 125 cm³/mol. The van der Waals surface area contributed by atoms with Crippen molar-refractivity contribution in [2.75, 3.05) is 7.11 Å². The Labute approximate surface area is 184 Å². The minimum Gasteiger partial charge on any atom is -0.502 e. The third-order valence-corrected chi connectivity index (χ3v) is 9.13. The van der Waals surface area contributed by atoms with Gasteiger partial charge in [0.1, 0.15) is 0 Å². The maximum absolute atomic E-state index is 12.9. The summed E-state index contributed by atoms with van der Waals surface area (Å²) in [6.45, 7) is 6.07. The van der Waals surface area contributed by atoms with Gasteiger partial charge in [0.2, 0.25) is 0 Å². The van der Waals surface area contributed by atoms with Crippen molar-refractivity contribution in [1.82, 2.24) is 0 Å². The topological polar surface area (TPSA) is 52.6 Å². The molecule has 0 aliphatic carbocycles. The quantitative estimate of drug-likeness (QED) is 0.261. The molecule has 4 nitrogen and oxygen atoms in total. The number of hydrogen-bond donors (Lipinski definition) is 0. The molecule has 0 unspecified atom stereocenters. The molecule has 0 aliphatic heterocycles. The van der Waals surface area contributed by atoms with E-state index in [0.717, 1.165) is 44.4 Å². The summed E-state index contributed by atoms with van der Waals surface area (Å²) in [4.78, 5) is 24.4. The van der Waals surface area contributed by atoms with Crippen molar-refractivity contribution in [1.29, 1.82) is 0 Å². The van der Waals surface area contributed by atoms with Gasteiger partial charge < -0.3 is 9.16 Å². The van der Waals surface area contributed by atoms with Crippen LogP contribution in [0.2, 0.25) is 0 Å². The normalized spacial score (nSPS) is 11.4. The molecule has 0 fully saturated rings. The minimum absolute atomic E-state index is 0.584. The Balaban J connectivity index is 2.24. The van der Waals surface area contributed by atoms with Gasteiger partial charge in [0, 0.05) is 12.2 Å². The number of benzene rings is 3. The number of carbonyl (C=O) groups is 2. The Kier molecular flexibility index (Phi) is 6.87. The highest BCUT2D eigenvalue weighted by Gasteiger charge is 2.45. The summed E-state index contributed by atoms with van der Waals surface area (Å²) >= 11 is 0. The molecule has 158 valence electrons. The van der Waals surface area contributed by atoms with Crippen LogP contribution in [0, 0.1) is 20.8 Å². The Morgan fingerprint density at radius 2 is 0.935 bits per heavy atom. The molecule has 0 saturated heterocycles. The van der Waals surface area contributed by atoms with Crippen LogP contribution in [-0.4, -0.2) is 27.4 Å². The maximum atomic E-state index is 12.9. The van der Waals surface area contributed by atoms with Crippen molar-refractivity contribution in [2.45, 2.75) is 20.8 Å². The van der Waals surface area contributed by atoms with Gasteiger partial charge in [0.05, 0.1) is 7.11 Å². The van der Waals surface area contributed by atoms with Crippen molar-refractivity contribution >= 4 is 35.8 Å². The lowest BCUT2D eigenvalue weighted by molar-refractivity contribution is -0.135. The Bertz CT molecular complexity index is 971. The molecule has 3 aromatic rings. The second kappa shape index (κ2) is 9.58. The molecule has 3 rings (SSSR count). The van der Waals surface area contributed by atoms with E-state index in [0.29, 0.717) is 0 Å². The smallest absolute Gasteiger partial charge is 0.350 e. The Hall–Kier alpha value is -3.44. The van der Waals surface area contributed by atoms with E-state index in [1.165, 1.54) is 7.11 Å². The number of esters is 1. The zero-order valence-electron chi connectivity index (χ0n) is 18.2. The molecule has 0 heterocycles. The first-order valence-electron chi connectivity index (χ1n) is 10.1. The fourth-order valence-corrected chi connectivity index (χ4v) is 7.06. The molecule has 0 saturated carbocycles. The molecule has 5 heteroatoms. The van der Waals surface area contributed by atoms with Crippen LogP contribution in [0.3, 0.4) is 0 Å². The number of hydrogen-bond acceptors (Lipinski definition) is 4. The molecule has 0 amide bonds. The van der Waals surface area contributed by atoms with Crippen molar-refractivity contribution in [3.63, 3.8) is 0 Å². The molecule has 0 aromatic heterocycles. The van der Waals surface area contributed by atoms with Gasteiger partial charge in [0.15, 0.2) is 0 Å². The van der Waals surface area contributed by atoms with E-state index in [2.05, 4.69) is 4.74 Å².